The Morgan fingerprint density at radius 3 is 2.62 bits per heavy atom. The molecule has 0 aromatic carbocycles. The Labute approximate surface area is 92.5 Å². The van der Waals surface area contributed by atoms with Crippen LogP contribution in [0.15, 0.2) is 12.4 Å². The van der Waals surface area contributed by atoms with Gasteiger partial charge in [-0.15, -0.1) is 0 Å². The highest BCUT2D eigenvalue weighted by Gasteiger charge is 2.06. The maximum Gasteiger partial charge on any atom is 0.271 e. The lowest BCUT2D eigenvalue weighted by atomic mass is 10.4. The molecule has 16 heavy (non-hydrogen) atoms. The van der Waals surface area contributed by atoms with Crippen LogP contribution in [0.4, 0.5) is 5.82 Å². The standard InChI is InChI=1S/C9H13N5O2/c1-6(15)12-2-3-13-9(16)7-4-11-5-8(10)14-7/h4-5H,2-3H2,1H3,(H2,10,14)(H,12,15)(H,13,16). The van der Waals surface area contributed by atoms with Crippen LogP contribution in [0.1, 0.15) is 17.4 Å². The summed E-state index contributed by atoms with van der Waals surface area (Å²) < 4.78 is 0. The number of rotatable bonds is 4. The number of amides is 2. The zero-order valence-electron chi connectivity index (χ0n) is 8.86. The number of nitrogen functional groups attached to an aromatic ring is 1. The fourth-order valence-corrected chi connectivity index (χ4v) is 0.996. The van der Waals surface area contributed by atoms with Crippen molar-refractivity contribution in [3.8, 4) is 0 Å². The zero-order valence-corrected chi connectivity index (χ0v) is 8.86. The van der Waals surface area contributed by atoms with Crippen LogP contribution in [0.2, 0.25) is 0 Å². The molecule has 0 aliphatic carbocycles. The SMILES string of the molecule is CC(=O)NCCNC(=O)c1cncc(N)n1. The molecule has 0 bridgehead atoms. The van der Waals surface area contributed by atoms with E-state index in [4.69, 9.17) is 5.73 Å². The molecule has 0 unspecified atom stereocenters. The Kier molecular flexibility index (Phi) is 4.19. The summed E-state index contributed by atoms with van der Waals surface area (Å²) in [5.41, 5.74) is 5.54. The highest BCUT2D eigenvalue weighted by Crippen LogP contribution is 1.96. The van der Waals surface area contributed by atoms with Crippen LogP contribution in [0.5, 0.6) is 0 Å². The minimum absolute atomic E-state index is 0.141. The van der Waals surface area contributed by atoms with Crippen LogP contribution >= 0.6 is 0 Å². The van der Waals surface area contributed by atoms with E-state index < -0.39 is 0 Å². The second-order valence-electron chi connectivity index (χ2n) is 3.07. The summed E-state index contributed by atoms with van der Waals surface area (Å²) in [6.07, 6.45) is 2.68. The molecule has 0 atom stereocenters. The van der Waals surface area contributed by atoms with Crippen molar-refractivity contribution in [1.29, 1.82) is 0 Å². The third-order valence-corrected chi connectivity index (χ3v) is 1.67. The van der Waals surface area contributed by atoms with E-state index in [2.05, 4.69) is 20.6 Å². The average Bonchev–Trinajstić information content (AvgIpc) is 2.24. The summed E-state index contributed by atoms with van der Waals surface area (Å²) in [7, 11) is 0. The van der Waals surface area contributed by atoms with Crippen LogP contribution in [-0.2, 0) is 4.79 Å². The lowest BCUT2D eigenvalue weighted by Crippen LogP contribution is -2.34. The van der Waals surface area contributed by atoms with Gasteiger partial charge in [0.1, 0.15) is 11.5 Å². The van der Waals surface area contributed by atoms with E-state index in [1.54, 1.807) is 0 Å². The second kappa shape index (κ2) is 5.64. The summed E-state index contributed by atoms with van der Waals surface area (Å²) in [5, 5.41) is 5.12. The predicted molar refractivity (Wildman–Crippen MR) is 57.5 cm³/mol. The van der Waals surface area contributed by atoms with Gasteiger partial charge in [0.2, 0.25) is 5.91 Å². The number of nitrogens with two attached hydrogens (primary N) is 1. The Balaban J connectivity index is 2.38. The van der Waals surface area contributed by atoms with Crippen LogP contribution < -0.4 is 16.4 Å². The summed E-state index contributed by atoms with van der Waals surface area (Å²) in [6.45, 7) is 2.11. The fraction of sp³-hybridized carbons (Fsp3) is 0.333. The summed E-state index contributed by atoms with van der Waals surface area (Å²) >= 11 is 0. The average molecular weight is 223 g/mol. The first kappa shape index (κ1) is 11.9. The van der Waals surface area contributed by atoms with E-state index in [9.17, 15) is 9.59 Å². The van der Waals surface area contributed by atoms with E-state index in [1.807, 2.05) is 0 Å². The second-order valence-corrected chi connectivity index (χ2v) is 3.07. The van der Waals surface area contributed by atoms with Crippen molar-refractivity contribution < 1.29 is 9.59 Å². The molecule has 0 aliphatic heterocycles. The van der Waals surface area contributed by atoms with Crippen LogP contribution in [-0.4, -0.2) is 34.9 Å². The molecular weight excluding hydrogens is 210 g/mol. The molecule has 2 amide bonds. The van der Waals surface area contributed by atoms with Crippen molar-refractivity contribution >= 4 is 17.6 Å². The number of anilines is 1. The van der Waals surface area contributed by atoms with Crippen LogP contribution in [0, 0.1) is 0 Å². The van der Waals surface area contributed by atoms with E-state index in [0.717, 1.165) is 0 Å². The summed E-state index contributed by atoms with van der Waals surface area (Å²) in [6, 6.07) is 0. The van der Waals surface area contributed by atoms with Crippen molar-refractivity contribution in [2.24, 2.45) is 0 Å². The number of carbonyl (C=O) groups is 2. The molecule has 0 saturated carbocycles. The first-order valence-corrected chi connectivity index (χ1v) is 4.69. The Bertz CT molecular complexity index is 393. The Hall–Kier alpha value is -2.18. The highest BCUT2D eigenvalue weighted by molar-refractivity contribution is 5.92. The molecule has 4 N–H and O–H groups in total. The molecule has 1 aromatic heterocycles. The maximum absolute atomic E-state index is 11.5. The van der Waals surface area contributed by atoms with Gasteiger partial charge in [-0.2, -0.15) is 0 Å². The smallest absolute Gasteiger partial charge is 0.271 e. The van der Waals surface area contributed by atoms with Crippen LogP contribution in [0.3, 0.4) is 0 Å². The zero-order chi connectivity index (χ0) is 12.0. The van der Waals surface area contributed by atoms with Gasteiger partial charge in [-0.05, 0) is 0 Å². The molecule has 1 heterocycles. The minimum Gasteiger partial charge on any atom is -0.382 e. The van der Waals surface area contributed by atoms with Crippen LogP contribution in [0.25, 0.3) is 0 Å². The lowest BCUT2D eigenvalue weighted by molar-refractivity contribution is -0.118. The number of nitrogens with one attached hydrogen (secondary N) is 2. The third kappa shape index (κ3) is 3.91. The lowest BCUT2D eigenvalue weighted by Gasteiger charge is -2.04. The maximum atomic E-state index is 11.5. The molecule has 0 saturated heterocycles. The van der Waals surface area contributed by atoms with E-state index in [0.29, 0.717) is 13.1 Å². The Morgan fingerprint density at radius 2 is 2.00 bits per heavy atom. The fourth-order valence-electron chi connectivity index (χ4n) is 0.996. The van der Waals surface area contributed by atoms with Crippen molar-refractivity contribution in [2.45, 2.75) is 6.92 Å². The molecule has 0 spiro atoms. The van der Waals surface area contributed by atoms with Gasteiger partial charge in [0.25, 0.3) is 5.91 Å². The summed E-state index contributed by atoms with van der Waals surface area (Å²) in [4.78, 5) is 29.5. The third-order valence-electron chi connectivity index (χ3n) is 1.67. The van der Waals surface area contributed by atoms with Crippen molar-refractivity contribution in [3.05, 3.63) is 18.1 Å². The minimum atomic E-state index is -0.370. The van der Waals surface area contributed by atoms with Crippen molar-refractivity contribution in [2.75, 3.05) is 18.8 Å². The van der Waals surface area contributed by atoms with Crippen molar-refractivity contribution in [1.82, 2.24) is 20.6 Å². The van der Waals surface area contributed by atoms with Gasteiger partial charge in [0.05, 0.1) is 12.4 Å². The van der Waals surface area contributed by atoms with Gasteiger partial charge in [-0.1, -0.05) is 0 Å². The molecule has 7 nitrogen and oxygen atoms in total. The van der Waals surface area contributed by atoms with E-state index >= 15 is 0 Å². The number of nitrogens with zero attached hydrogens (tertiary/aromatic N) is 2. The predicted octanol–water partition coefficient (Wildman–Crippen LogP) is -1.08. The first-order chi connectivity index (χ1) is 7.59. The van der Waals surface area contributed by atoms with Crippen molar-refractivity contribution in [3.63, 3.8) is 0 Å². The van der Waals surface area contributed by atoms with Gasteiger partial charge < -0.3 is 16.4 Å². The topological polar surface area (TPSA) is 110 Å². The quantitative estimate of drug-likeness (QED) is 0.563. The molecule has 86 valence electrons. The highest BCUT2D eigenvalue weighted by atomic mass is 16.2. The molecule has 1 aromatic rings. The van der Waals surface area contributed by atoms with Gasteiger partial charge in [-0.3, -0.25) is 14.6 Å². The molecule has 0 fully saturated rings. The summed E-state index contributed by atoms with van der Waals surface area (Å²) in [5.74, 6) is -0.322. The molecule has 1 rings (SSSR count). The largest absolute Gasteiger partial charge is 0.382 e. The molecular formula is C9H13N5O2. The molecule has 0 aliphatic rings. The van der Waals surface area contributed by atoms with Gasteiger partial charge >= 0.3 is 0 Å². The molecule has 7 heteroatoms. The monoisotopic (exact) mass is 223 g/mol. The van der Waals surface area contributed by atoms with E-state index in [-0.39, 0.29) is 23.3 Å². The number of hydrogen-bond acceptors (Lipinski definition) is 5. The van der Waals surface area contributed by atoms with E-state index in [1.165, 1.54) is 19.3 Å². The Morgan fingerprint density at radius 1 is 1.31 bits per heavy atom. The first-order valence-electron chi connectivity index (χ1n) is 4.69. The van der Waals surface area contributed by atoms with Gasteiger partial charge in [-0.25, -0.2) is 4.98 Å². The van der Waals surface area contributed by atoms with Gasteiger partial charge in [0, 0.05) is 20.0 Å². The number of carbonyl (C=O) groups excluding carboxylic acids is 2. The number of aromatic nitrogens is 2. The molecule has 0 radical (unpaired) electrons. The normalized spacial score (nSPS) is 9.56. The van der Waals surface area contributed by atoms with Gasteiger partial charge in [0.15, 0.2) is 0 Å². The number of hydrogen-bond donors (Lipinski definition) is 3.